The maximum absolute atomic E-state index is 11.9. The molecule has 0 aliphatic rings. The van der Waals surface area contributed by atoms with Gasteiger partial charge in [-0.2, -0.15) is 20.1 Å². The smallest absolute Gasteiger partial charge is 0.744 e. The molecule has 0 atom stereocenters. The Bertz CT molecular complexity index is 1520. The van der Waals surface area contributed by atoms with Crippen LogP contribution in [0.5, 0.6) is 11.5 Å². The van der Waals surface area contributed by atoms with E-state index in [-0.39, 0.29) is 56.8 Å². The van der Waals surface area contributed by atoms with Crippen molar-refractivity contribution in [3.63, 3.8) is 0 Å². The Balaban J connectivity index is 0.00000342. The number of phenolic OH excluding ortho intramolecular Hbond substituents is 1. The van der Waals surface area contributed by atoms with Crippen molar-refractivity contribution in [2.45, 2.75) is 4.90 Å². The second-order valence-corrected chi connectivity index (χ2v) is 8.71. The van der Waals surface area contributed by atoms with Crippen LogP contribution in [-0.4, -0.2) is 40.1 Å². The molecule has 15 heteroatoms. The van der Waals surface area contributed by atoms with Gasteiger partial charge in [0.05, 0.1) is 17.7 Å². The van der Waals surface area contributed by atoms with E-state index in [1.54, 1.807) is 30.3 Å². The number of aromatic hydroxyl groups is 1. The fraction of sp³-hybridized carbons (Fsp3) is 0.0500. The number of ether oxygens (including phenoxy) is 1. The summed E-state index contributed by atoms with van der Waals surface area (Å²) in [6.07, 6.45) is 0. The number of methoxy groups -OCH3 is 1. The summed E-state index contributed by atoms with van der Waals surface area (Å²) in [7, 11) is -3.51. The van der Waals surface area contributed by atoms with Gasteiger partial charge in [-0.05, 0) is 77.1 Å². The van der Waals surface area contributed by atoms with Gasteiger partial charge >= 0.3 is 29.6 Å². The molecule has 0 saturated heterocycles. The van der Waals surface area contributed by atoms with Crippen LogP contribution in [-0.2, 0) is 10.1 Å². The molecule has 35 heavy (non-hydrogen) atoms. The monoisotopic (exact) mass is 542 g/mol. The first-order valence-electron chi connectivity index (χ1n) is 9.29. The van der Waals surface area contributed by atoms with E-state index in [2.05, 4.69) is 30.5 Å². The summed E-state index contributed by atoms with van der Waals surface area (Å²) in [6, 6.07) is 12.0. The maximum atomic E-state index is 11.9. The van der Waals surface area contributed by atoms with E-state index < -0.39 is 26.5 Å². The third-order valence-corrected chi connectivity index (χ3v) is 5.68. The Labute approximate surface area is 231 Å². The summed E-state index contributed by atoms with van der Waals surface area (Å²) in [5.74, 6) is 0.0959. The Kier molecular flexibility index (Phi) is 8.49. The number of benzene rings is 3. The number of halogens is 2. The molecule has 1 heterocycles. The number of azo groups is 1. The van der Waals surface area contributed by atoms with Crippen LogP contribution in [0.2, 0.25) is 10.6 Å². The minimum absolute atomic E-state index is 0. The number of hydrogen-bond acceptors (Lipinski definition) is 11. The molecule has 11 nitrogen and oxygen atoms in total. The number of nitrogens with zero attached hydrogens (tertiary/aromatic N) is 5. The van der Waals surface area contributed by atoms with Gasteiger partial charge < -0.3 is 19.7 Å². The average Bonchev–Trinajstić information content (AvgIpc) is 2.77. The van der Waals surface area contributed by atoms with Gasteiger partial charge in [-0.25, -0.2) is 8.42 Å². The molecule has 2 N–H and O–H groups in total. The Morgan fingerprint density at radius 1 is 1.00 bits per heavy atom. The minimum Gasteiger partial charge on any atom is -0.744 e. The van der Waals surface area contributed by atoms with Crippen molar-refractivity contribution >= 4 is 67.1 Å². The topological polar surface area (TPSA) is 162 Å². The van der Waals surface area contributed by atoms with E-state index in [4.69, 9.17) is 27.9 Å². The normalized spacial score (nSPS) is 11.4. The zero-order valence-corrected chi connectivity index (χ0v) is 22.4. The average molecular weight is 543 g/mol. The van der Waals surface area contributed by atoms with Crippen LogP contribution in [0.4, 0.5) is 23.0 Å². The van der Waals surface area contributed by atoms with E-state index in [9.17, 15) is 18.1 Å². The van der Waals surface area contributed by atoms with E-state index >= 15 is 0 Å². The molecular formula is C20H13Cl2N6NaO5S. The third-order valence-electron chi connectivity index (χ3n) is 4.50. The van der Waals surface area contributed by atoms with Crippen molar-refractivity contribution in [1.82, 2.24) is 15.0 Å². The van der Waals surface area contributed by atoms with Gasteiger partial charge in [0.2, 0.25) is 16.5 Å². The fourth-order valence-corrected chi connectivity index (χ4v) is 3.99. The van der Waals surface area contributed by atoms with E-state index in [0.717, 1.165) is 6.07 Å². The van der Waals surface area contributed by atoms with Crippen molar-refractivity contribution in [3.8, 4) is 11.5 Å². The molecule has 0 bridgehead atoms. The summed E-state index contributed by atoms with van der Waals surface area (Å²) in [4.78, 5) is 10.7. The number of nitrogens with one attached hydrogen (secondary N) is 1. The minimum atomic E-state index is -5.02. The van der Waals surface area contributed by atoms with E-state index in [1.165, 1.54) is 19.2 Å². The number of hydrogen-bond donors (Lipinski definition) is 2. The van der Waals surface area contributed by atoms with Crippen molar-refractivity contribution in [1.29, 1.82) is 0 Å². The number of aromatic nitrogens is 3. The first-order chi connectivity index (χ1) is 16.1. The van der Waals surface area contributed by atoms with Crippen molar-refractivity contribution in [3.05, 3.63) is 59.1 Å². The SMILES string of the molecule is COc1ccc(N=Nc2c(S(=O)(=O)[O-])cc3cc(Nc4nc(Cl)nc(Cl)n4)ccc3c2O)cc1.[Na+]. The van der Waals surface area contributed by atoms with Crippen LogP contribution in [0.3, 0.4) is 0 Å². The summed E-state index contributed by atoms with van der Waals surface area (Å²) < 4.78 is 40.9. The second kappa shape index (κ2) is 11.0. The van der Waals surface area contributed by atoms with Crippen LogP contribution in [0, 0.1) is 0 Å². The molecule has 1 aromatic heterocycles. The van der Waals surface area contributed by atoms with Crippen LogP contribution in [0.25, 0.3) is 10.8 Å². The summed E-state index contributed by atoms with van der Waals surface area (Å²) in [5.41, 5.74) is 0.269. The van der Waals surface area contributed by atoms with Crippen LogP contribution in [0.1, 0.15) is 0 Å². The molecule has 0 amide bonds. The van der Waals surface area contributed by atoms with Gasteiger partial charge in [0, 0.05) is 11.1 Å². The van der Waals surface area contributed by atoms with Gasteiger partial charge in [0.15, 0.2) is 5.75 Å². The van der Waals surface area contributed by atoms with Gasteiger partial charge in [-0.3, -0.25) is 0 Å². The molecule has 4 aromatic rings. The molecule has 0 fully saturated rings. The molecule has 0 aliphatic carbocycles. The van der Waals surface area contributed by atoms with E-state index in [1.807, 2.05) is 0 Å². The number of phenols is 1. The predicted molar refractivity (Wildman–Crippen MR) is 124 cm³/mol. The molecular weight excluding hydrogens is 530 g/mol. The van der Waals surface area contributed by atoms with Crippen molar-refractivity contribution in [2.24, 2.45) is 10.2 Å². The van der Waals surface area contributed by atoms with Crippen molar-refractivity contribution in [2.75, 3.05) is 12.4 Å². The largest absolute Gasteiger partial charge is 1.00 e. The molecule has 4 rings (SSSR count). The molecule has 174 valence electrons. The Morgan fingerprint density at radius 2 is 1.66 bits per heavy atom. The maximum Gasteiger partial charge on any atom is 1.00 e. The second-order valence-electron chi connectivity index (χ2n) is 6.68. The molecule has 0 aliphatic heterocycles. The molecule has 0 unspecified atom stereocenters. The van der Waals surface area contributed by atoms with Crippen LogP contribution in [0.15, 0.2) is 63.7 Å². The van der Waals surface area contributed by atoms with Crippen LogP contribution >= 0.6 is 23.2 Å². The quantitative estimate of drug-likeness (QED) is 0.211. The number of fused-ring (bicyclic) bond motifs is 1. The van der Waals surface area contributed by atoms with Gasteiger partial charge in [0.1, 0.15) is 21.6 Å². The number of anilines is 2. The predicted octanol–water partition coefficient (Wildman–Crippen LogP) is 2.11. The molecule has 0 spiro atoms. The number of rotatable bonds is 6. The summed E-state index contributed by atoms with van der Waals surface area (Å²) in [5, 5.41) is 21.5. The molecule has 3 aromatic carbocycles. The molecule has 0 saturated carbocycles. The summed E-state index contributed by atoms with van der Waals surface area (Å²) in [6.45, 7) is 0. The standard InChI is InChI=1S/C20H14Cl2N6O5S.Na/c1-33-13-5-2-11(3-6-13)27-28-16-15(34(30,31)32)9-10-8-12(4-7-14(10)17(16)29)23-20-25-18(21)24-19(22)26-20;/h2-9,29H,1H3,(H,30,31,32)(H,23,24,25,26);/q;+1/p-1. The fourth-order valence-electron chi connectivity index (χ4n) is 2.98. The van der Waals surface area contributed by atoms with E-state index in [0.29, 0.717) is 17.1 Å². The summed E-state index contributed by atoms with van der Waals surface area (Å²) >= 11 is 11.5. The van der Waals surface area contributed by atoms with Gasteiger partial charge in [-0.15, -0.1) is 5.11 Å². The van der Waals surface area contributed by atoms with Gasteiger partial charge in [0.25, 0.3) is 0 Å². The van der Waals surface area contributed by atoms with Gasteiger partial charge in [-0.1, -0.05) is 0 Å². The zero-order valence-electron chi connectivity index (χ0n) is 18.1. The van der Waals surface area contributed by atoms with Crippen molar-refractivity contribution < 1.29 is 52.4 Å². The zero-order chi connectivity index (χ0) is 24.5. The Morgan fingerprint density at radius 3 is 2.26 bits per heavy atom. The third kappa shape index (κ3) is 6.35. The van der Waals surface area contributed by atoms with Crippen LogP contribution < -0.4 is 39.6 Å². The Hall–Kier alpha value is -2.58. The first kappa shape index (κ1) is 27.0. The molecule has 0 radical (unpaired) electrons. The first-order valence-corrected chi connectivity index (χ1v) is 11.5.